The van der Waals surface area contributed by atoms with E-state index in [1.807, 2.05) is 24.4 Å². The highest BCUT2D eigenvalue weighted by atomic mass is 127. The average Bonchev–Trinajstić information content (AvgIpc) is 2.91. The topological polar surface area (TPSA) is 49.3 Å². The highest BCUT2D eigenvalue weighted by Gasteiger charge is 2.04. The first-order valence-electron chi connectivity index (χ1n) is 6.88. The molecule has 8 heteroatoms. The number of hydrogen-bond donors (Lipinski definition) is 2. The lowest BCUT2D eigenvalue weighted by molar-refractivity contribution is 0.790. The Labute approximate surface area is 171 Å². The number of thiazole rings is 1. The predicted octanol–water partition coefficient (Wildman–Crippen LogP) is 4.39. The van der Waals surface area contributed by atoms with E-state index in [0.717, 1.165) is 33.4 Å². The zero-order chi connectivity index (χ0) is 15.9. The predicted molar refractivity (Wildman–Crippen MR) is 113 cm³/mol. The van der Waals surface area contributed by atoms with E-state index >= 15 is 0 Å². The Morgan fingerprint density at radius 3 is 2.83 bits per heavy atom. The lowest BCUT2D eigenvalue weighted by atomic mass is 10.1. The molecule has 0 fully saturated rings. The molecule has 126 valence electrons. The Hall–Kier alpha value is -0.380. The third-order valence-electron chi connectivity index (χ3n) is 2.99. The van der Waals surface area contributed by atoms with Gasteiger partial charge >= 0.3 is 0 Å². The van der Waals surface area contributed by atoms with Crippen LogP contribution in [0.2, 0.25) is 5.02 Å². The number of aliphatic imine (C=N–C) groups is 1. The first-order valence-corrected chi connectivity index (χ1v) is 8.87. The van der Waals surface area contributed by atoms with E-state index in [-0.39, 0.29) is 24.0 Å². The summed E-state index contributed by atoms with van der Waals surface area (Å²) in [5, 5.41) is 8.36. The van der Waals surface area contributed by atoms with Crippen molar-refractivity contribution in [2.45, 2.75) is 19.9 Å². The second-order valence-electron chi connectivity index (χ2n) is 4.70. The maximum absolute atomic E-state index is 6.02. The van der Waals surface area contributed by atoms with E-state index in [0.29, 0.717) is 6.54 Å². The maximum atomic E-state index is 6.02. The van der Waals surface area contributed by atoms with Crippen LogP contribution in [0.1, 0.15) is 15.4 Å². The molecule has 1 heterocycles. The molecule has 2 N–H and O–H groups in total. The summed E-state index contributed by atoms with van der Waals surface area (Å²) in [5.41, 5.74) is 1.17. The number of aryl methyl sites for hydroxylation is 1. The first-order chi connectivity index (χ1) is 10.6. The third kappa shape index (κ3) is 6.94. The van der Waals surface area contributed by atoms with Crippen LogP contribution in [0.3, 0.4) is 0 Å². The zero-order valence-corrected chi connectivity index (χ0v) is 18.4. The van der Waals surface area contributed by atoms with E-state index < -0.39 is 0 Å². The lowest BCUT2D eigenvalue weighted by Gasteiger charge is -2.11. The van der Waals surface area contributed by atoms with Crippen molar-refractivity contribution < 1.29 is 0 Å². The largest absolute Gasteiger partial charge is 0.356 e. The van der Waals surface area contributed by atoms with Gasteiger partial charge in [-0.05, 0) is 37.1 Å². The molecule has 1 aromatic heterocycles. The summed E-state index contributed by atoms with van der Waals surface area (Å²) in [6.07, 6.45) is 2.74. The van der Waals surface area contributed by atoms with Crippen LogP contribution in [-0.4, -0.2) is 24.5 Å². The van der Waals surface area contributed by atoms with E-state index in [2.05, 4.69) is 43.5 Å². The number of aromatic nitrogens is 1. The van der Waals surface area contributed by atoms with Crippen LogP contribution >= 0.6 is 62.8 Å². The Balaban J connectivity index is 0.00000264. The average molecular weight is 530 g/mol. The fraction of sp³-hybridized carbons (Fsp3) is 0.333. The zero-order valence-electron chi connectivity index (χ0n) is 12.9. The molecule has 0 aliphatic heterocycles. The van der Waals surface area contributed by atoms with Crippen LogP contribution < -0.4 is 10.6 Å². The molecule has 0 saturated heterocycles. The molecule has 2 aromatic rings. The van der Waals surface area contributed by atoms with Crippen LogP contribution in [0, 0.1) is 6.92 Å². The van der Waals surface area contributed by atoms with Crippen molar-refractivity contribution in [3.8, 4) is 0 Å². The minimum atomic E-state index is 0. The molecule has 4 nitrogen and oxygen atoms in total. The number of guanidine groups is 1. The van der Waals surface area contributed by atoms with Crippen LogP contribution in [0.25, 0.3) is 0 Å². The van der Waals surface area contributed by atoms with Gasteiger partial charge in [-0.3, -0.25) is 4.99 Å². The molecular weight excluding hydrogens is 511 g/mol. The van der Waals surface area contributed by atoms with Gasteiger partial charge in [0.2, 0.25) is 0 Å². The molecule has 23 heavy (non-hydrogen) atoms. The molecule has 0 radical (unpaired) electrons. The van der Waals surface area contributed by atoms with Gasteiger partial charge < -0.3 is 10.6 Å². The van der Waals surface area contributed by atoms with Crippen molar-refractivity contribution in [2.24, 2.45) is 4.99 Å². The summed E-state index contributed by atoms with van der Waals surface area (Å²) in [6.45, 7) is 3.51. The van der Waals surface area contributed by atoms with E-state index in [1.54, 1.807) is 18.4 Å². The van der Waals surface area contributed by atoms with Gasteiger partial charge in [0.15, 0.2) is 5.96 Å². The van der Waals surface area contributed by atoms with Crippen LogP contribution in [0.4, 0.5) is 0 Å². The summed E-state index contributed by atoms with van der Waals surface area (Å²) in [4.78, 5) is 9.75. The van der Waals surface area contributed by atoms with Crippen LogP contribution in [0.5, 0.6) is 0 Å². The van der Waals surface area contributed by atoms with E-state index in [1.165, 1.54) is 10.4 Å². The van der Waals surface area contributed by atoms with Gasteiger partial charge in [0.25, 0.3) is 0 Å². The fourth-order valence-electron chi connectivity index (χ4n) is 1.91. The number of halogens is 3. The van der Waals surface area contributed by atoms with Crippen molar-refractivity contribution >= 4 is 68.8 Å². The van der Waals surface area contributed by atoms with Gasteiger partial charge in [-0.15, -0.1) is 35.3 Å². The molecule has 0 unspecified atom stereocenters. The van der Waals surface area contributed by atoms with E-state index in [9.17, 15) is 0 Å². The molecule has 1 aromatic carbocycles. The number of benzene rings is 1. The molecule has 0 aliphatic carbocycles. The van der Waals surface area contributed by atoms with Gasteiger partial charge in [0.1, 0.15) is 5.01 Å². The van der Waals surface area contributed by atoms with Gasteiger partial charge in [-0.25, -0.2) is 4.98 Å². The minimum absolute atomic E-state index is 0. The van der Waals surface area contributed by atoms with Gasteiger partial charge in [-0.1, -0.05) is 27.5 Å². The van der Waals surface area contributed by atoms with Crippen LogP contribution in [0.15, 0.2) is 33.9 Å². The van der Waals surface area contributed by atoms with E-state index in [4.69, 9.17) is 11.6 Å². The second-order valence-corrected chi connectivity index (χ2v) is 7.31. The molecule has 0 saturated carbocycles. The summed E-state index contributed by atoms with van der Waals surface area (Å²) in [6, 6.07) is 5.82. The third-order valence-corrected chi connectivity index (χ3v) is 4.92. The minimum Gasteiger partial charge on any atom is -0.356 e. The highest BCUT2D eigenvalue weighted by molar-refractivity contribution is 14.0. The summed E-state index contributed by atoms with van der Waals surface area (Å²) in [7, 11) is 1.76. The molecule has 0 atom stereocenters. The number of nitrogens with zero attached hydrogens (tertiary/aromatic N) is 2. The number of nitrogens with one attached hydrogen (secondary N) is 2. The van der Waals surface area contributed by atoms with Crippen molar-refractivity contribution in [2.75, 3.05) is 13.6 Å². The molecule has 0 spiro atoms. The molecule has 0 aliphatic rings. The van der Waals surface area contributed by atoms with Crippen molar-refractivity contribution in [3.63, 3.8) is 0 Å². The van der Waals surface area contributed by atoms with Crippen LogP contribution in [-0.2, 0) is 13.0 Å². The van der Waals surface area contributed by atoms with Crippen molar-refractivity contribution in [1.82, 2.24) is 15.6 Å². The SMILES string of the molecule is CN=C(NCCc1cc(Cl)ccc1Br)NCc1ncc(C)s1.I. The highest BCUT2D eigenvalue weighted by Crippen LogP contribution is 2.21. The summed E-state index contributed by atoms with van der Waals surface area (Å²) < 4.78 is 1.07. The maximum Gasteiger partial charge on any atom is 0.191 e. The van der Waals surface area contributed by atoms with Gasteiger partial charge in [-0.2, -0.15) is 0 Å². The molecular formula is C15H19BrClIN4S. The smallest absolute Gasteiger partial charge is 0.191 e. The molecule has 2 rings (SSSR count). The lowest BCUT2D eigenvalue weighted by Crippen LogP contribution is -2.37. The van der Waals surface area contributed by atoms with Gasteiger partial charge in [0.05, 0.1) is 6.54 Å². The Bertz CT molecular complexity index is 663. The van der Waals surface area contributed by atoms with Crippen molar-refractivity contribution in [3.05, 3.63) is 49.3 Å². The Morgan fingerprint density at radius 1 is 1.39 bits per heavy atom. The monoisotopic (exact) mass is 528 g/mol. The molecule has 0 bridgehead atoms. The Morgan fingerprint density at radius 2 is 2.17 bits per heavy atom. The quantitative estimate of drug-likeness (QED) is 0.343. The first kappa shape index (κ1) is 20.7. The summed E-state index contributed by atoms with van der Waals surface area (Å²) >= 11 is 11.2. The molecule has 0 amide bonds. The fourth-order valence-corrected chi connectivity index (χ4v) is 3.28. The number of hydrogen-bond acceptors (Lipinski definition) is 3. The van der Waals surface area contributed by atoms with Gasteiger partial charge in [0, 0.05) is 34.2 Å². The normalized spacial score (nSPS) is 11.0. The summed E-state index contributed by atoms with van der Waals surface area (Å²) in [5.74, 6) is 0.769. The Kier molecular flexibility index (Phi) is 9.41. The second kappa shape index (κ2) is 10.5. The number of rotatable bonds is 5. The standard InChI is InChI=1S/C15H18BrClN4S.HI/c1-10-8-20-14(22-10)9-21-15(18-2)19-6-5-11-7-12(17)3-4-13(11)16;/h3-4,7-8H,5-6,9H2,1-2H3,(H2,18,19,21);1H. The van der Waals surface area contributed by atoms with Crippen molar-refractivity contribution in [1.29, 1.82) is 0 Å².